The zero-order valence-corrected chi connectivity index (χ0v) is 13.0. The number of hydrogen-bond acceptors (Lipinski definition) is 5. The highest BCUT2D eigenvalue weighted by Crippen LogP contribution is 2.38. The molecule has 0 saturated heterocycles. The Morgan fingerprint density at radius 1 is 1.12 bits per heavy atom. The fourth-order valence-electron chi connectivity index (χ4n) is 2.82. The molecule has 0 atom stereocenters. The highest BCUT2D eigenvalue weighted by molar-refractivity contribution is 5.79. The Hall–Kier alpha value is -3.02. The molecule has 3 aromatic heterocycles. The summed E-state index contributed by atoms with van der Waals surface area (Å²) in [6, 6.07) is 12.2. The molecule has 0 radical (unpaired) electrons. The summed E-state index contributed by atoms with van der Waals surface area (Å²) in [4.78, 5) is 9.03. The predicted molar refractivity (Wildman–Crippen MR) is 88.3 cm³/mol. The van der Waals surface area contributed by atoms with Gasteiger partial charge in [-0.2, -0.15) is 10.1 Å². The van der Waals surface area contributed by atoms with Crippen LogP contribution in [0.5, 0.6) is 0 Å². The van der Waals surface area contributed by atoms with Gasteiger partial charge in [-0.1, -0.05) is 35.5 Å². The minimum Gasteiger partial charge on any atom is -0.334 e. The molecule has 3 heterocycles. The number of hydrogen-bond donors (Lipinski definition) is 0. The lowest BCUT2D eigenvalue weighted by molar-refractivity contribution is 0.422. The number of rotatable bonds is 4. The minimum absolute atomic E-state index is 0.479. The van der Waals surface area contributed by atoms with E-state index in [-0.39, 0.29) is 0 Å². The summed E-state index contributed by atoms with van der Waals surface area (Å²) < 4.78 is 7.28. The fourth-order valence-corrected chi connectivity index (χ4v) is 2.82. The molecular weight excluding hydrogens is 302 g/mol. The Balaban J connectivity index is 1.48. The summed E-state index contributed by atoms with van der Waals surface area (Å²) >= 11 is 0. The summed E-state index contributed by atoms with van der Waals surface area (Å²) in [5.41, 5.74) is 2.88. The molecule has 0 unspecified atom stereocenters. The summed E-state index contributed by atoms with van der Waals surface area (Å²) in [5, 5.41) is 9.48. The molecule has 1 aliphatic carbocycles. The first-order valence-electron chi connectivity index (χ1n) is 8.06. The summed E-state index contributed by atoms with van der Waals surface area (Å²) in [7, 11) is 0. The predicted octanol–water partition coefficient (Wildman–Crippen LogP) is 3.41. The molecule has 0 aliphatic heterocycles. The molecule has 6 nitrogen and oxygen atoms in total. The molecule has 6 heteroatoms. The van der Waals surface area contributed by atoms with Crippen molar-refractivity contribution in [2.75, 3.05) is 0 Å². The molecule has 0 amide bonds. The van der Waals surface area contributed by atoms with Gasteiger partial charge in [0.25, 0.3) is 5.89 Å². The van der Waals surface area contributed by atoms with Crippen LogP contribution in [0.15, 0.2) is 53.3 Å². The Kier molecular flexibility index (Phi) is 2.94. The van der Waals surface area contributed by atoms with Gasteiger partial charge in [0.15, 0.2) is 11.5 Å². The average Bonchev–Trinajstić information content (AvgIpc) is 3.22. The summed E-state index contributed by atoms with van der Waals surface area (Å²) in [6.45, 7) is 0.697. The van der Waals surface area contributed by atoms with Gasteiger partial charge in [-0.25, -0.2) is 9.67 Å². The average molecular weight is 317 g/mol. The van der Waals surface area contributed by atoms with Crippen molar-refractivity contribution < 1.29 is 4.52 Å². The Morgan fingerprint density at radius 3 is 2.83 bits per heavy atom. The standard InChI is InChI=1S/C18H15N5O/c1-2-4-12(5-3-1)11-23-17-14(10-20-23)8-15(9-19-17)18-21-16(22-24-18)13-6-7-13/h1-5,8-10,13H,6-7,11H2. The van der Waals surface area contributed by atoms with Crippen molar-refractivity contribution in [3.8, 4) is 11.5 Å². The van der Waals surface area contributed by atoms with E-state index in [0.717, 1.165) is 35.3 Å². The Bertz CT molecular complexity index is 1000. The maximum atomic E-state index is 5.38. The molecule has 1 aliphatic rings. The third-order valence-electron chi connectivity index (χ3n) is 4.28. The third kappa shape index (κ3) is 2.36. The second kappa shape index (κ2) is 5.26. The van der Waals surface area contributed by atoms with Crippen LogP contribution in [0, 0.1) is 0 Å². The van der Waals surface area contributed by atoms with E-state index in [9.17, 15) is 0 Å². The molecule has 1 saturated carbocycles. The van der Waals surface area contributed by atoms with Crippen LogP contribution in [-0.4, -0.2) is 24.9 Å². The smallest absolute Gasteiger partial charge is 0.259 e. The normalized spacial score (nSPS) is 14.3. The molecule has 118 valence electrons. The summed E-state index contributed by atoms with van der Waals surface area (Å²) in [5.74, 6) is 1.82. The van der Waals surface area contributed by atoms with E-state index >= 15 is 0 Å². The number of pyridine rings is 1. The van der Waals surface area contributed by atoms with Gasteiger partial charge < -0.3 is 4.52 Å². The quantitative estimate of drug-likeness (QED) is 0.577. The molecule has 24 heavy (non-hydrogen) atoms. The molecule has 0 bridgehead atoms. The van der Waals surface area contributed by atoms with Crippen LogP contribution in [0.2, 0.25) is 0 Å². The van der Waals surface area contributed by atoms with Crippen molar-refractivity contribution >= 4 is 11.0 Å². The van der Waals surface area contributed by atoms with Crippen molar-refractivity contribution in [1.29, 1.82) is 0 Å². The molecule has 0 N–H and O–H groups in total. The third-order valence-corrected chi connectivity index (χ3v) is 4.28. The van der Waals surface area contributed by atoms with Crippen LogP contribution >= 0.6 is 0 Å². The largest absolute Gasteiger partial charge is 0.334 e. The van der Waals surface area contributed by atoms with Gasteiger partial charge in [-0.3, -0.25) is 0 Å². The van der Waals surface area contributed by atoms with E-state index < -0.39 is 0 Å². The molecule has 0 spiro atoms. The van der Waals surface area contributed by atoms with Gasteiger partial charge in [-0.05, 0) is 24.5 Å². The molecule has 1 fully saturated rings. The van der Waals surface area contributed by atoms with Gasteiger partial charge in [0.05, 0.1) is 18.3 Å². The lowest BCUT2D eigenvalue weighted by atomic mass is 10.2. The van der Waals surface area contributed by atoms with Gasteiger partial charge in [0.2, 0.25) is 0 Å². The van der Waals surface area contributed by atoms with Gasteiger partial charge >= 0.3 is 0 Å². The molecule has 5 rings (SSSR count). The number of nitrogens with zero attached hydrogens (tertiary/aromatic N) is 5. The van der Waals surface area contributed by atoms with E-state index in [1.54, 1.807) is 6.20 Å². The van der Waals surface area contributed by atoms with E-state index in [1.165, 1.54) is 5.56 Å². The van der Waals surface area contributed by atoms with Crippen LogP contribution in [0.4, 0.5) is 0 Å². The topological polar surface area (TPSA) is 69.6 Å². The van der Waals surface area contributed by atoms with Gasteiger partial charge in [0.1, 0.15) is 0 Å². The Morgan fingerprint density at radius 2 is 2.00 bits per heavy atom. The highest BCUT2D eigenvalue weighted by Gasteiger charge is 2.29. The fraction of sp³-hybridized carbons (Fsp3) is 0.222. The van der Waals surface area contributed by atoms with Crippen LogP contribution in [0.25, 0.3) is 22.5 Å². The highest BCUT2D eigenvalue weighted by atomic mass is 16.5. The van der Waals surface area contributed by atoms with E-state index in [4.69, 9.17) is 4.52 Å². The second-order valence-electron chi connectivity index (χ2n) is 6.16. The lowest BCUT2D eigenvalue weighted by Gasteiger charge is -2.03. The maximum Gasteiger partial charge on any atom is 0.259 e. The molecule has 4 aromatic rings. The van der Waals surface area contributed by atoms with Crippen LogP contribution in [0.3, 0.4) is 0 Å². The Labute approximate surface area is 138 Å². The van der Waals surface area contributed by atoms with Crippen molar-refractivity contribution in [3.63, 3.8) is 0 Å². The van der Waals surface area contributed by atoms with E-state index in [2.05, 4.69) is 32.4 Å². The minimum atomic E-state index is 0.479. The van der Waals surface area contributed by atoms with Crippen LogP contribution in [0.1, 0.15) is 30.1 Å². The maximum absolute atomic E-state index is 5.38. The lowest BCUT2D eigenvalue weighted by Crippen LogP contribution is -2.02. The van der Waals surface area contributed by atoms with Gasteiger partial charge in [0, 0.05) is 17.5 Å². The summed E-state index contributed by atoms with van der Waals surface area (Å²) in [6.07, 6.45) is 5.91. The zero-order valence-electron chi connectivity index (χ0n) is 13.0. The molecular formula is C18H15N5O. The second-order valence-corrected chi connectivity index (χ2v) is 6.16. The monoisotopic (exact) mass is 317 g/mol. The van der Waals surface area contributed by atoms with Crippen molar-refractivity contribution in [1.82, 2.24) is 24.9 Å². The van der Waals surface area contributed by atoms with E-state index in [1.807, 2.05) is 35.1 Å². The van der Waals surface area contributed by atoms with Gasteiger partial charge in [-0.15, -0.1) is 0 Å². The number of benzene rings is 1. The first kappa shape index (κ1) is 13.4. The first-order valence-corrected chi connectivity index (χ1v) is 8.06. The number of fused-ring (bicyclic) bond motifs is 1. The van der Waals surface area contributed by atoms with E-state index in [0.29, 0.717) is 18.4 Å². The first-order chi connectivity index (χ1) is 11.9. The SMILES string of the molecule is c1ccc(Cn2ncc3cc(-c4nc(C5CC5)no4)cnc32)cc1. The zero-order chi connectivity index (χ0) is 15.9. The van der Waals surface area contributed by atoms with Crippen molar-refractivity contribution in [3.05, 3.63) is 60.2 Å². The molecule has 1 aromatic carbocycles. The van der Waals surface area contributed by atoms with Crippen LogP contribution < -0.4 is 0 Å². The van der Waals surface area contributed by atoms with Crippen molar-refractivity contribution in [2.24, 2.45) is 0 Å². The van der Waals surface area contributed by atoms with Crippen LogP contribution in [-0.2, 0) is 6.54 Å². The number of aromatic nitrogens is 5. The van der Waals surface area contributed by atoms with Crippen molar-refractivity contribution in [2.45, 2.75) is 25.3 Å².